The Balaban J connectivity index is 1.83. The fourth-order valence-electron chi connectivity index (χ4n) is 3.16. The lowest BCUT2D eigenvalue weighted by Gasteiger charge is -2.24. The average Bonchev–Trinajstić information content (AvgIpc) is 3.10. The summed E-state index contributed by atoms with van der Waals surface area (Å²) in [5.41, 5.74) is 1.51. The number of benzene rings is 1. The van der Waals surface area contributed by atoms with E-state index in [2.05, 4.69) is 11.4 Å². The van der Waals surface area contributed by atoms with Gasteiger partial charge in [0.15, 0.2) is 0 Å². The second-order valence-corrected chi connectivity index (χ2v) is 6.81. The molecule has 1 aromatic rings. The monoisotopic (exact) mass is 275 g/mol. The fourth-order valence-corrected chi connectivity index (χ4v) is 3.16. The van der Waals surface area contributed by atoms with Gasteiger partial charge < -0.3 is 15.2 Å². The first-order valence-corrected chi connectivity index (χ1v) is 7.10. The summed E-state index contributed by atoms with van der Waals surface area (Å²) < 4.78 is 5.29. The number of aliphatic hydroxyl groups is 1. The number of ether oxygens (including phenoxy) is 1. The van der Waals surface area contributed by atoms with E-state index in [0.29, 0.717) is 0 Å². The second kappa shape index (κ2) is 4.22. The van der Waals surface area contributed by atoms with E-state index in [9.17, 15) is 9.90 Å². The van der Waals surface area contributed by atoms with Gasteiger partial charge in [-0.2, -0.15) is 0 Å². The lowest BCUT2D eigenvalue weighted by molar-refractivity contribution is 0.0404. The molecule has 20 heavy (non-hydrogen) atoms. The first-order chi connectivity index (χ1) is 9.33. The summed E-state index contributed by atoms with van der Waals surface area (Å²) in [7, 11) is 0. The van der Waals surface area contributed by atoms with Crippen LogP contribution in [0.5, 0.6) is 0 Å². The smallest absolute Gasteiger partial charge is 0.408 e. The van der Waals surface area contributed by atoms with Gasteiger partial charge in [-0.1, -0.05) is 24.3 Å². The standard InChI is InChI=1S/C16H21NO3/c1-15(2,3)20-14(19)17-12-10-6-4-5-7-11(10)16(8-9-16)13(12)18/h4-7,12-13,18H,8-9H2,1-3H3,(H,17,19)/t12-,13+/m0/s1. The molecule has 0 aliphatic heterocycles. The molecule has 0 unspecified atom stereocenters. The maximum Gasteiger partial charge on any atom is 0.408 e. The minimum absolute atomic E-state index is 0.143. The zero-order chi connectivity index (χ0) is 14.5. The largest absolute Gasteiger partial charge is 0.444 e. The lowest BCUT2D eigenvalue weighted by Crippen LogP contribution is -2.40. The van der Waals surface area contributed by atoms with E-state index in [1.54, 1.807) is 0 Å². The summed E-state index contributed by atoms with van der Waals surface area (Å²) in [6.45, 7) is 5.48. The van der Waals surface area contributed by atoms with Crippen molar-refractivity contribution >= 4 is 6.09 Å². The Morgan fingerprint density at radius 1 is 1.35 bits per heavy atom. The van der Waals surface area contributed by atoms with E-state index in [1.165, 1.54) is 5.56 Å². The summed E-state index contributed by atoms with van der Waals surface area (Å²) in [5.74, 6) is 0. The van der Waals surface area contributed by atoms with E-state index >= 15 is 0 Å². The minimum Gasteiger partial charge on any atom is -0.444 e. The molecule has 108 valence electrons. The SMILES string of the molecule is CC(C)(C)OC(=O)N[C@H]1c2ccccc2C2(CC2)[C@@H]1O. The summed E-state index contributed by atoms with van der Waals surface area (Å²) in [5, 5.41) is 13.4. The number of rotatable bonds is 1. The van der Waals surface area contributed by atoms with Crippen LogP contribution in [0, 0.1) is 0 Å². The van der Waals surface area contributed by atoms with Gasteiger partial charge in [0.25, 0.3) is 0 Å². The van der Waals surface area contributed by atoms with Crippen LogP contribution in [0.3, 0.4) is 0 Å². The summed E-state index contributed by atoms with van der Waals surface area (Å²) in [4.78, 5) is 12.0. The Morgan fingerprint density at radius 3 is 2.60 bits per heavy atom. The summed E-state index contributed by atoms with van der Waals surface area (Å²) in [6, 6.07) is 7.59. The number of aliphatic hydroxyl groups excluding tert-OH is 1. The number of nitrogens with one attached hydrogen (secondary N) is 1. The zero-order valence-corrected chi connectivity index (χ0v) is 12.1. The van der Waals surface area contributed by atoms with Crippen molar-refractivity contribution in [3.63, 3.8) is 0 Å². The fraction of sp³-hybridized carbons (Fsp3) is 0.562. The van der Waals surface area contributed by atoms with Gasteiger partial charge in [0.2, 0.25) is 0 Å². The zero-order valence-electron chi connectivity index (χ0n) is 12.1. The Labute approximate surface area is 119 Å². The van der Waals surface area contributed by atoms with Crippen molar-refractivity contribution in [3.05, 3.63) is 35.4 Å². The topological polar surface area (TPSA) is 58.6 Å². The highest BCUT2D eigenvalue weighted by Gasteiger charge is 2.59. The van der Waals surface area contributed by atoms with Crippen LogP contribution in [0.25, 0.3) is 0 Å². The number of alkyl carbamates (subject to hydrolysis) is 1. The average molecular weight is 275 g/mol. The molecule has 1 saturated carbocycles. The van der Waals surface area contributed by atoms with Crippen LogP contribution >= 0.6 is 0 Å². The van der Waals surface area contributed by atoms with Crippen molar-refractivity contribution < 1.29 is 14.6 Å². The minimum atomic E-state index is -0.563. The van der Waals surface area contributed by atoms with Crippen LogP contribution in [0.15, 0.2) is 24.3 Å². The predicted molar refractivity (Wildman–Crippen MR) is 75.5 cm³/mol. The third-order valence-electron chi connectivity index (χ3n) is 4.18. The van der Waals surface area contributed by atoms with Crippen molar-refractivity contribution in [2.75, 3.05) is 0 Å². The van der Waals surface area contributed by atoms with Crippen molar-refractivity contribution in [2.45, 2.75) is 56.8 Å². The van der Waals surface area contributed by atoms with Crippen molar-refractivity contribution in [1.29, 1.82) is 0 Å². The Morgan fingerprint density at radius 2 is 2.00 bits per heavy atom. The molecule has 3 rings (SSSR count). The molecule has 1 aromatic carbocycles. The van der Waals surface area contributed by atoms with Crippen LogP contribution in [-0.4, -0.2) is 22.9 Å². The van der Waals surface area contributed by atoms with Gasteiger partial charge in [0, 0.05) is 5.41 Å². The number of hydrogen-bond acceptors (Lipinski definition) is 3. The second-order valence-electron chi connectivity index (χ2n) is 6.81. The highest BCUT2D eigenvalue weighted by Crippen LogP contribution is 2.59. The van der Waals surface area contributed by atoms with E-state index in [-0.39, 0.29) is 11.5 Å². The molecule has 4 heteroatoms. The normalized spacial score (nSPS) is 26.2. The molecule has 0 bridgehead atoms. The number of fused-ring (bicyclic) bond motifs is 2. The highest BCUT2D eigenvalue weighted by atomic mass is 16.6. The number of carbonyl (C=O) groups is 1. The third-order valence-corrected chi connectivity index (χ3v) is 4.18. The molecular formula is C16H21NO3. The number of amides is 1. The molecular weight excluding hydrogens is 254 g/mol. The molecule has 1 amide bonds. The van der Waals surface area contributed by atoms with Gasteiger partial charge in [-0.15, -0.1) is 0 Å². The molecule has 0 aromatic heterocycles. The highest BCUT2D eigenvalue weighted by molar-refractivity contribution is 5.69. The van der Waals surface area contributed by atoms with E-state index in [4.69, 9.17) is 4.74 Å². The first-order valence-electron chi connectivity index (χ1n) is 7.10. The summed E-state index contributed by atoms with van der Waals surface area (Å²) in [6.07, 6.45) is 0.927. The van der Waals surface area contributed by atoms with Crippen molar-refractivity contribution in [2.24, 2.45) is 0 Å². The lowest BCUT2D eigenvalue weighted by atomic mass is 9.97. The Bertz CT molecular complexity index is 543. The maximum atomic E-state index is 12.0. The molecule has 1 fully saturated rings. The van der Waals surface area contributed by atoms with Crippen LogP contribution < -0.4 is 5.32 Å². The van der Waals surface area contributed by atoms with Crippen molar-refractivity contribution in [3.8, 4) is 0 Å². The first kappa shape index (κ1) is 13.4. The van der Waals surface area contributed by atoms with Gasteiger partial charge in [0.1, 0.15) is 5.60 Å². The van der Waals surface area contributed by atoms with E-state index < -0.39 is 17.8 Å². The van der Waals surface area contributed by atoms with Gasteiger partial charge in [0.05, 0.1) is 12.1 Å². The predicted octanol–water partition coefficient (Wildman–Crippen LogP) is 2.66. The maximum absolute atomic E-state index is 12.0. The van der Waals surface area contributed by atoms with Gasteiger partial charge in [-0.05, 0) is 44.7 Å². The van der Waals surface area contributed by atoms with Crippen LogP contribution in [0.2, 0.25) is 0 Å². The number of carbonyl (C=O) groups excluding carboxylic acids is 1. The van der Waals surface area contributed by atoms with Gasteiger partial charge in [-0.25, -0.2) is 4.79 Å². The molecule has 1 spiro atoms. The third kappa shape index (κ3) is 2.08. The van der Waals surface area contributed by atoms with E-state index in [0.717, 1.165) is 18.4 Å². The van der Waals surface area contributed by atoms with Gasteiger partial charge >= 0.3 is 6.09 Å². The molecule has 0 heterocycles. The van der Waals surface area contributed by atoms with Crippen LogP contribution in [0.1, 0.15) is 50.8 Å². The van der Waals surface area contributed by atoms with Crippen LogP contribution in [0.4, 0.5) is 4.79 Å². The Hall–Kier alpha value is -1.55. The molecule has 2 N–H and O–H groups in total. The molecule has 0 radical (unpaired) electrons. The Kier molecular flexibility index (Phi) is 2.83. The number of hydrogen-bond donors (Lipinski definition) is 2. The van der Waals surface area contributed by atoms with Crippen LogP contribution in [-0.2, 0) is 10.2 Å². The van der Waals surface area contributed by atoms with E-state index in [1.807, 2.05) is 39.0 Å². The van der Waals surface area contributed by atoms with Crippen molar-refractivity contribution in [1.82, 2.24) is 5.32 Å². The molecule has 2 aliphatic carbocycles. The quantitative estimate of drug-likeness (QED) is 0.828. The summed E-state index contributed by atoms with van der Waals surface area (Å²) >= 11 is 0. The molecule has 0 saturated heterocycles. The molecule has 2 aliphatic rings. The molecule has 4 nitrogen and oxygen atoms in total. The molecule has 2 atom stereocenters. The van der Waals surface area contributed by atoms with Gasteiger partial charge in [-0.3, -0.25) is 0 Å².